The summed E-state index contributed by atoms with van der Waals surface area (Å²) in [6.07, 6.45) is 4.45. The fraction of sp³-hybridized carbons (Fsp3) is 0.348. The van der Waals surface area contributed by atoms with Crippen LogP contribution in [0.2, 0.25) is 5.02 Å². The van der Waals surface area contributed by atoms with Gasteiger partial charge in [0.15, 0.2) is 0 Å². The van der Waals surface area contributed by atoms with E-state index in [4.69, 9.17) is 16.3 Å². The highest BCUT2D eigenvalue weighted by Gasteiger charge is 2.39. The lowest BCUT2D eigenvalue weighted by Crippen LogP contribution is -2.42. The molecule has 0 spiro atoms. The lowest BCUT2D eigenvalue weighted by Gasteiger charge is -2.39. The number of nitrogens with zero attached hydrogens (tertiary/aromatic N) is 4. The third-order valence-electron chi connectivity index (χ3n) is 5.60. The van der Waals surface area contributed by atoms with Gasteiger partial charge in [-0.15, -0.1) is 0 Å². The van der Waals surface area contributed by atoms with Crippen LogP contribution in [0.4, 0.5) is 5.95 Å². The lowest BCUT2D eigenvalue weighted by atomic mass is 9.91. The SMILES string of the molecule is CCCCC(=O)N1c2ncnn2[C@@H](c2ccccc2Cl)C[C@@H]1c1ccc(OC)cc1. The molecular weight excluding hydrogens is 400 g/mol. The van der Waals surface area contributed by atoms with Gasteiger partial charge in [-0.2, -0.15) is 10.1 Å². The van der Waals surface area contributed by atoms with Crippen LogP contribution in [-0.4, -0.2) is 27.8 Å². The average molecular weight is 425 g/mol. The molecule has 0 saturated carbocycles. The molecule has 0 fully saturated rings. The van der Waals surface area contributed by atoms with Crippen molar-refractivity contribution in [2.24, 2.45) is 0 Å². The van der Waals surface area contributed by atoms with E-state index in [2.05, 4.69) is 17.0 Å². The molecule has 2 atom stereocenters. The maximum atomic E-state index is 13.2. The predicted octanol–water partition coefficient (Wildman–Crippen LogP) is 5.20. The topological polar surface area (TPSA) is 60.2 Å². The van der Waals surface area contributed by atoms with Crippen molar-refractivity contribution in [3.8, 4) is 5.75 Å². The highest BCUT2D eigenvalue weighted by molar-refractivity contribution is 6.31. The Balaban J connectivity index is 1.80. The Morgan fingerprint density at radius 2 is 1.93 bits per heavy atom. The van der Waals surface area contributed by atoms with Gasteiger partial charge in [0.25, 0.3) is 0 Å². The van der Waals surface area contributed by atoms with Crippen molar-refractivity contribution < 1.29 is 9.53 Å². The first-order valence-corrected chi connectivity index (χ1v) is 10.6. The van der Waals surface area contributed by atoms with Gasteiger partial charge < -0.3 is 4.74 Å². The van der Waals surface area contributed by atoms with Crippen molar-refractivity contribution in [3.05, 3.63) is 71.0 Å². The number of hydrogen-bond donors (Lipinski definition) is 0. The van der Waals surface area contributed by atoms with Crippen LogP contribution < -0.4 is 9.64 Å². The van der Waals surface area contributed by atoms with Crippen molar-refractivity contribution in [2.45, 2.75) is 44.7 Å². The van der Waals surface area contributed by atoms with E-state index < -0.39 is 0 Å². The summed E-state index contributed by atoms with van der Waals surface area (Å²) in [4.78, 5) is 19.5. The molecule has 2 heterocycles. The van der Waals surface area contributed by atoms with E-state index in [1.807, 2.05) is 53.2 Å². The Labute approximate surface area is 181 Å². The molecule has 30 heavy (non-hydrogen) atoms. The molecule has 0 unspecified atom stereocenters. The predicted molar refractivity (Wildman–Crippen MR) is 117 cm³/mol. The Hall–Kier alpha value is -2.86. The minimum atomic E-state index is -0.168. The van der Waals surface area contributed by atoms with Gasteiger partial charge in [0.2, 0.25) is 11.9 Å². The van der Waals surface area contributed by atoms with Crippen LogP contribution in [0.25, 0.3) is 0 Å². The number of amides is 1. The number of methoxy groups -OCH3 is 1. The van der Waals surface area contributed by atoms with Gasteiger partial charge in [0.05, 0.1) is 19.2 Å². The summed E-state index contributed by atoms with van der Waals surface area (Å²) < 4.78 is 7.13. The molecule has 156 valence electrons. The molecule has 0 bridgehead atoms. The van der Waals surface area contributed by atoms with Gasteiger partial charge in [-0.25, -0.2) is 4.68 Å². The number of ether oxygens (including phenoxy) is 1. The molecular formula is C23H25ClN4O2. The molecule has 6 nitrogen and oxygen atoms in total. The largest absolute Gasteiger partial charge is 0.497 e. The van der Waals surface area contributed by atoms with Gasteiger partial charge in [-0.05, 0) is 42.2 Å². The van der Waals surface area contributed by atoms with E-state index in [0.717, 1.165) is 29.7 Å². The van der Waals surface area contributed by atoms with E-state index in [0.29, 0.717) is 23.8 Å². The zero-order valence-corrected chi connectivity index (χ0v) is 17.9. The first kappa shape index (κ1) is 20.4. The van der Waals surface area contributed by atoms with E-state index in [1.165, 1.54) is 6.33 Å². The summed E-state index contributed by atoms with van der Waals surface area (Å²) in [6, 6.07) is 15.4. The van der Waals surface area contributed by atoms with E-state index in [1.54, 1.807) is 12.0 Å². The molecule has 7 heteroatoms. The number of unbranched alkanes of at least 4 members (excludes halogenated alkanes) is 1. The van der Waals surface area contributed by atoms with Gasteiger partial charge >= 0.3 is 0 Å². The Morgan fingerprint density at radius 3 is 2.63 bits per heavy atom. The number of halogens is 1. The number of benzene rings is 2. The van der Waals surface area contributed by atoms with Crippen molar-refractivity contribution in [2.75, 3.05) is 12.0 Å². The summed E-state index contributed by atoms with van der Waals surface area (Å²) in [5.41, 5.74) is 2.01. The van der Waals surface area contributed by atoms with E-state index in [9.17, 15) is 4.79 Å². The number of hydrogen-bond acceptors (Lipinski definition) is 4. The summed E-state index contributed by atoms with van der Waals surface area (Å²) in [6.45, 7) is 2.08. The quantitative estimate of drug-likeness (QED) is 0.545. The smallest absolute Gasteiger partial charge is 0.231 e. The van der Waals surface area contributed by atoms with Crippen molar-refractivity contribution >= 4 is 23.5 Å². The summed E-state index contributed by atoms with van der Waals surface area (Å²) in [7, 11) is 1.64. The lowest BCUT2D eigenvalue weighted by molar-refractivity contribution is -0.119. The molecule has 0 aliphatic carbocycles. The fourth-order valence-corrected chi connectivity index (χ4v) is 4.30. The molecule has 1 aliphatic rings. The second-order valence-corrected chi connectivity index (χ2v) is 7.84. The highest BCUT2D eigenvalue weighted by atomic mass is 35.5. The van der Waals surface area contributed by atoms with Crippen LogP contribution in [-0.2, 0) is 4.79 Å². The number of anilines is 1. The molecule has 1 amide bonds. The van der Waals surface area contributed by atoms with Gasteiger partial charge in [0, 0.05) is 11.4 Å². The minimum Gasteiger partial charge on any atom is -0.497 e. The van der Waals surface area contributed by atoms with Crippen LogP contribution in [0.15, 0.2) is 54.9 Å². The fourth-order valence-electron chi connectivity index (χ4n) is 4.04. The third-order valence-corrected chi connectivity index (χ3v) is 5.94. The Bertz CT molecular complexity index is 1020. The van der Waals surface area contributed by atoms with Crippen LogP contribution >= 0.6 is 11.6 Å². The zero-order chi connectivity index (χ0) is 21.1. The second kappa shape index (κ2) is 8.88. The van der Waals surface area contributed by atoms with Crippen LogP contribution in [0.5, 0.6) is 5.75 Å². The first-order valence-electron chi connectivity index (χ1n) is 10.2. The van der Waals surface area contributed by atoms with Gasteiger partial charge in [-0.1, -0.05) is 55.3 Å². The molecule has 1 aromatic heterocycles. The Morgan fingerprint density at radius 1 is 1.17 bits per heavy atom. The molecule has 4 rings (SSSR count). The number of aromatic nitrogens is 3. The number of fused-ring (bicyclic) bond motifs is 1. The summed E-state index contributed by atoms with van der Waals surface area (Å²) in [5.74, 6) is 1.40. The normalized spacial score (nSPS) is 18.2. The Kier molecular flexibility index (Phi) is 6.04. The molecule has 3 aromatic rings. The van der Waals surface area contributed by atoms with E-state index in [-0.39, 0.29) is 18.0 Å². The molecule has 2 aromatic carbocycles. The van der Waals surface area contributed by atoms with Gasteiger partial charge in [0.1, 0.15) is 12.1 Å². The monoisotopic (exact) mass is 424 g/mol. The van der Waals surface area contributed by atoms with Crippen LogP contribution in [0, 0.1) is 0 Å². The average Bonchev–Trinajstić information content (AvgIpc) is 3.26. The zero-order valence-electron chi connectivity index (χ0n) is 17.2. The first-order chi connectivity index (χ1) is 14.6. The molecule has 0 N–H and O–H groups in total. The van der Waals surface area contributed by atoms with Crippen molar-refractivity contribution in [1.29, 1.82) is 0 Å². The van der Waals surface area contributed by atoms with Crippen molar-refractivity contribution in [1.82, 2.24) is 14.8 Å². The standard InChI is InChI=1S/C23H25ClN4O2/c1-3-4-9-22(29)27-20(16-10-12-17(30-2)13-11-16)14-21(28-23(27)25-15-26-28)18-7-5-6-8-19(18)24/h5-8,10-13,15,20-21H,3-4,9,14H2,1-2H3/t20-,21-/m1/s1. The van der Waals surface area contributed by atoms with Crippen LogP contribution in [0.1, 0.15) is 55.8 Å². The molecule has 1 aliphatic heterocycles. The second-order valence-electron chi connectivity index (χ2n) is 7.43. The summed E-state index contributed by atoms with van der Waals surface area (Å²) in [5, 5.41) is 5.14. The number of carbonyl (C=O) groups is 1. The maximum Gasteiger partial charge on any atom is 0.231 e. The number of carbonyl (C=O) groups excluding carboxylic acids is 1. The molecule has 0 radical (unpaired) electrons. The third kappa shape index (κ3) is 3.79. The summed E-state index contributed by atoms with van der Waals surface area (Å²) >= 11 is 6.53. The highest BCUT2D eigenvalue weighted by Crippen LogP contribution is 2.43. The molecule has 0 saturated heterocycles. The van der Waals surface area contributed by atoms with Gasteiger partial charge in [-0.3, -0.25) is 9.69 Å². The maximum absolute atomic E-state index is 13.2. The van der Waals surface area contributed by atoms with Crippen LogP contribution in [0.3, 0.4) is 0 Å². The van der Waals surface area contributed by atoms with E-state index >= 15 is 0 Å². The minimum absolute atomic E-state index is 0.0597. The number of rotatable bonds is 6. The van der Waals surface area contributed by atoms with Crippen molar-refractivity contribution in [3.63, 3.8) is 0 Å².